The summed E-state index contributed by atoms with van der Waals surface area (Å²) >= 11 is 0. The predicted molar refractivity (Wildman–Crippen MR) is 108 cm³/mol. The van der Waals surface area contributed by atoms with Crippen LogP contribution in [0.5, 0.6) is 11.5 Å². The summed E-state index contributed by atoms with van der Waals surface area (Å²) < 4.78 is 13.9. The first-order valence-corrected chi connectivity index (χ1v) is 10.0. The number of aliphatic hydroxyl groups is 2. The Bertz CT molecular complexity index is 1030. The number of rotatable bonds is 3. The smallest absolute Gasteiger partial charge is 0.140 e. The molecule has 3 heterocycles. The van der Waals surface area contributed by atoms with Gasteiger partial charge < -0.3 is 29.6 Å². The van der Waals surface area contributed by atoms with Crippen molar-refractivity contribution in [2.75, 3.05) is 13.2 Å². The average molecular weight is 395 g/mol. The summed E-state index contributed by atoms with van der Waals surface area (Å²) in [6, 6.07) is 9.37. The highest BCUT2D eigenvalue weighted by Crippen LogP contribution is 2.38. The third kappa shape index (κ3) is 3.15. The lowest BCUT2D eigenvalue weighted by atomic mass is 10.1. The molecule has 2 aromatic heterocycles. The fourth-order valence-corrected chi connectivity index (χ4v) is 4.40. The second-order valence-electron chi connectivity index (χ2n) is 7.79. The van der Waals surface area contributed by atoms with Crippen LogP contribution in [-0.2, 0) is 6.54 Å². The molecule has 152 valence electrons. The van der Waals surface area contributed by atoms with Crippen molar-refractivity contribution in [3.8, 4) is 11.5 Å². The van der Waals surface area contributed by atoms with Crippen LogP contribution in [0.25, 0.3) is 11.0 Å². The number of nitrogens with one attached hydrogen (secondary N) is 1. The molecule has 1 fully saturated rings. The van der Waals surface area contributed by atoms with E-state index in [9.17, 15) is 10.2 Å². The molecule has 4 atom stereocenters. The highest BCUT2D eigenvalue weighted by Gasteiger charge is 2.44. The maximum Gasteiger partial charge on any atom is 0.140 e. The molecule has 2 aliphatic rings. The highest BCUT2D eigenvalue weighted by atomic mass is 16.5. The monoisotopic (exact) mass is 395 g/mol. The fourth-order valence-electron chi connectivity index (χ4n) is 4.40. The maximum atomic E-state index is 10.8. The lowest BCUT2D eigenvalue weighted by molar-refractivity contribution is -0.0166. The van der Waals surface area contributed by atoms with E-state index in [1.54, 1.807) is 6.20 Å². The van der Waals surface area contributed by atoms with Gasteiger partial charge >= 0.3 is 0 Å². The Morgan fingerprint density at radius 2 is 2.10 bits per heavy atom. The van der Waals surface area contributed by atoms with Gasteiger partial charge in [0.1, 0.15) is 42.1 Å². The highest BCUT2D eigenvalue weighted by molar-refractivity contribution is 5.79. The lowest BCUT2D eigenvalue weighted by Crippen LogP contribution is -2.34. The first-order valence-electron chi connectivity index (χ1n) is 10.0. The third-order valence-electron chi connectivity index (χ3n) is 6.00. The normalized spacial score (nSPS) is 26.7. The predicted octanol–water partition coefficient (Wildman–Crippen LogP) is 1.94. The van der Waals surface area contributed by atoms with Gasteiger partial charge in [-0.15, -0.1) is 0 Å². The second kappa shape index (κ2) is 7.33. The Hall–Kier alpha value is -2.61. The molecule has 0 spiro atoms. The summed E-state index contributed by atoms with van der Waals surface area (Å²) in [7, 11) is 0. The molecule has 0 bridgehead atoms. The van der Waals surface area contributed by atoms with Gasteiger partial charge in [0.15, 0.2) is 0 Å². The van der Waals surface area contributed by atoms with E-state index in [1.165, 1.54) is 0 Å². The van der Waals surface area contributed by atoms with Crippen LogP contribution < -0.4 is 14.8 Å². The molecule has 0 radical (unpaired) electrons. The van der Waals surface area contributed by atoms with Crippen LogP contribution in [0.4, 0.5) is 0 Å². The van der Waals surface area contributed by atoms with Crippen LogP contribution in [0.15, 0.2) is 42.7 Å². The molecule has 0 amide bonds. The van der Waals surface area contributed by atoms with Crippen molar-refractivity contribution in [3.05, 3.63) is 53.9 Å². The molecular formula is C22H25N3O4. The molecule has 7 heteroatoms. The van der Waals surface area contributed by atoms with Crippen LogP contribution in [0, 0.1) is 6.92 Å². The van der Waals surface area contributed by atoms with E-state index in [-0.39, 0.29) is 6.04 Å². The van der Waals surface area contributed by atoms with Crippen molar-refractivity contribution < 1.29 is 19.7 Å². The number of hydrogen-bond donors (Lipinski definition) is 3. The minimum absolute atomic E-state index is 0.307. The molecule has 4 unspecified atom stereocenters. The second-order valence-corrected chi connectivity index (χ2v) is 7.79. The summed E-state index contributed by atoms with van der Waals surface area (Å²) in [5, 5.41) is 25.9. The number of hydrogen-bond acceptors (Lipinski definition) is 6. The third-order valence-corrected chi connectivity index (χ3v) is 6.00. The van der Waals surface area contributed by atoms with E-state index in [1.807, 2.05) is 48.0 Å². The van der Waals surface area contributed by atoms with Crippen molar-refractivity contribution in [3.63, 3.8) is 0 Å². The Labute approximate surface area is 168 Å². The summed E-state index contributed by atoms with van der Waals surface area (Å²) in [5.74, 6) is 1.48. The molecule has 1 saturated carbocycles. The lowest BCUT2D eigenvalue weighted by Gasteiger charge is -2.21. The topological polar surface area (TPSA) is 88.8 Å². The summed E-state index contributed by atoms with van der Waals surface area (Å²) in [4.78, 5) is 4.49. The van der Waals surface area contributed by atoms with Gasteiger partial charge in [0.2, 0.25) is 0 Å². The molecule has 1 aliphatic carbocycles. The van der Waals surface area contributed by atoms with Gasteiger partial charge in [0, 0.05) is 42.9 Å². The van der Waals surface area contributed by atoms with Crippen molar-refractivity contribution in [1.29, 1.82) is 0 Å². The molecule has 1 aliphatic heterocycles. The zero-order chi connectivity index (χ0) is 20.0. The van der Waals surface area contributed by atoms with Gasteiger partial charge in [-0.25, -0.2) is 4.98 Å². The Kier molecular flexibility index (Phi) is 4.66. The standard InChI is InChI=1S/C22H25N3O4/c1-13-5-7-24-22-14(13)6-9-25(22)16-11-19(21(27)20(16)26)29-18-4-2-3-17-15(18)12-23-8-10-28-17/h2-7,9,16,19-21,23,26-27H,8,10-12H2,1H3. The molecule has 5 rings (SSSR count). The van der Waals surface area contributed by atoms with Crippen LogP contribution in [-0.4, -0.2) is 51.2 Å². The van der Waals surface area contributed by atoms with Crippen molar-refractivity contribution in [1.82, 2.24) is 14.9 Å². The van der Waals surface area contributed by atoms with Gasteiger partial charge in [-0.2, -0.15) is 0 Å². The quantitative estimate of drug-likeness (QED) is 0.628. The van der Waals surface area contributed by atoms with Crippen LogP contribution >= 0.6 is 0 Å². The van der Waals surface area contributed by atoms with Gasteiger partial charge in [0.05, 0.1) is 6.04 Å². The molecule has 7 nitrogen and oxygen atoms in total. The number of benzene rings is 1. The Morgan fingerprint density at radius 1 is 1.21 bits per heavy atom. The zero-order valence-corrected chi connectivity index (χ0v) is 16.3. The largest absolute Gasteiger partial charge is 0.492 e. The van der Waals surface area contributed by atoms with E-state index >= 15 is 0 Å². The zero-order valence-electron chi connectivity index (χ0n) is 16.3. The van der Waals surface area contributed by atoms with Crippen LogP contribution in [0.2, 0.25) is 0 Å². The average Bonchev–Trinajstić information content (AvgIpc) is 3.15. The molecule has 0 saturated heterocycles. The number of ether oxygens (including phenoxy) is 2. The fraction of sp³-hybridized carbons (Fsp3) is 0.409. The van der Waals surface area contributed by atoms with Gasteiger partial charge in [-0.05, 0) is 36.8 Å². The van der Waals surface area contributed by atoms with E-state index in [4.69, 9.17) is 9.47 Å². The van der Waals surface area contributed by atoms with Crippen molar-refractivity contribution in [2.45, 2.75) is 44.2 Å². The Morgan fingerprint density at radius 3 is 3.00 bits per heavy atom. The minimum Gasteiger partial charge on any atom is -0.492 e. The number of nitrogens with zero attached hydrogens (tertiary/aromatic N) is 2. The number of aryl methyl sites for hydroxylation is 1. The van der Waals surface area contributed by atoms with Crippen LogP contribution in [0.3, 0.4) is 0 Å². The molecule has 3 N–H and O–H groups in total. The van der Waals surface area contributed by atoms with Crippen molar-refractivity contribution in [2.24, 2.45) is 0 Å². The number of pyridine rings is 1. The summed E-state index contributed by atoms with van der Waals surface area (Å²) in [6.07, 6.45) is 1.74. The minimum atomic E-state index is -0.988. The first-order chi connectivity index (χ1) is 14.1. The van der Waals surface area contributed by atoms with Crippen LogP contribution in [0.1, 0.15) is 23.6 Å². The number of aliphatic hydroxyl groups excluding tert-OH is 2. The SMILES string of the molecule is Cc1ccnc2c1ccn2C1CC(Oc2cccc3c2CNCCO3)C(O)C1O. The van der Waals surface area contributed by atoms with Gasteiger partial charge in [0.25, 0.3) is 0 Å². The number of fused-ring (bicyclic) bond motifs is 2. The van der Waals surface area contributed by atoms with Gasteiger partial charge in [-0.1, -0.05) is 6.07 Å². The van der Waals surface area contributed by atoms with E-state index in [0.29, 0.717) is 25.3 Å². The maximum absolute atomic E-state index is 10.8. The van der Waals surface area contributed by atoms with E-state index in [0.717, 1.165) is 34.5 Å². The summed E-state index contributed by atoms with van der Waals surface area (Å²) in [5.41, 5.74) is 2.89. The first kappa shape index (κ1) is 18.4. The number of aromatic nitrogens is 2. The van der Waals surface area contributed by atoms with Gasteiger partial charge in [-0.3, -0.25) is 0 Å². The van der Waals surface area contributed by atoms with Crippen molar-refractivity contribution >= 4 is 11.0 Å². The Balaban J connectivity index is 1.43. The molecule has 29 heavy (non-hydrogen) atoms. The summed E-state index contributed by atoms with van der Waals surface area (Å²) in [6.45, 7) is 4.06. The van der Waals surface area contributed by atoms with E-state index < -0.39 is 18.3 Å². The molecule has 3 aromatic rings. The van der Waals surface area contributed by atoms with E-state index in [2.05, 4.69) is 10.3 Å². The molecular weight excluding hydrogens is 370 g/mol. The molecule has 1 aromatic carbocycles.